The summed E-state index contributed by atoms with van der Waals surface area (Å²) < 4.78 is 0. The number of nitrogens with one attached hydrogen (secondary N) is 1. The Balaban J connectivity index is 2.68. The summed E-state index contributed by atoms with van der Waals surface area (Å²) in [6.07, 6.45) is 0.500. The van der Waals surface area contributed by atoms with Gasteiger partial charge in [0.05, 0.1) is 5.04 Å². The first-order chi connectivity index (χ1) is 7.06. The molecule has 0 saturated carbocycles. The van der Waals surface area contributed by atoms with E-state index in [2.05, 4.69) is 0 Å². The van der Waals surface area contributed by atoms with Crippen molar-refractivity contribution in [2.75, 3.05) is 5.75 Å². The molecule has 0 spiro atoms. The Labute approximate surface area is 95.2 Å². The molecular formula is C12H17NOS. The van der Waals surface area contributed by atoms with E-state index in [0.29, 0.717) is 11.5 Å². The second-order valence-electron chi connectivity index (χ2n) is 3.70. The number of thioether (sulfide) groups is 1. The Bertz CT molecular complexity index is 322. The van der Waals surface area contributed by atoms with Crippen LogP contribution in [-0.4, -0.2) is 21.5 Å². The van der Waals surface area contributed by atoms with E-state index in [0.717, 1.165) is 11.3 Å². The minimum atomic E-state index is -1.04. The second-order valence-corrected chi connectivity index (χ2v) is 4.97. The first-order valence-electron chi connectivity index (χ1n) is 5.04. The van der Waals surface area contributed by atoms with Crippen LogP contribution in [0.2, 0.25) is 0 Å². The summed E-state index contributed by atoms with van der Waals surface area (Å²) in [6, 6.07) is 9.78. The van der Waals surface area contributed by atoms with E-state index in [9.17, 15) is 5.11 Å². The maximum atomic E-state index is 10.1. The van der Waals surface area contributed by atoms with Gasteiger partial charge < -0.3 is 5.11 Å². The maximum Gasteiger partial charge on any atom is 0.113 e. The molecule has 15 heavy (non-hydrogen) atoms. The van der Waals surface area contributed by atoms with Crippen LogP contribution in [0.15, 0.2) is 30.3 Å². The molecule has 0 bridgehead atoms. The molecular weight excluding hydrogens is 206 g/mol. The van der Waals surface area contributed by atoms with Crippen LogP contribution in [0.3, 0.4) is 0 Å². The summed E-state index contributed by atoms with van der Waals surface area (Å²) in [6.45, 7) is 3.68. The Kier molecular flexibility index (Phi) is 4.36. The third-order valence-corrected chi connectivity index (χ3v) is 3.19. The Morgan fingerprint density at radius 3 is 2.53 bits per heavy atom. The summed E-state index contributed by atoms with van der Waals surface area (Å²) in [7, 11) is 0. The molecule has 3 heteroatoms. The normalized spacial score (nSPS) is 14.6. The van der Waals surface area contributed by atoms with Gasteiger partial charge in [0.1, 0.15) is 5.60 Å². The molecule has 0 aliphatic heterocycles. The lowest BCUT2D eigenvalue weighted by molar-refractivity contribution is 0.136. The predicted octanol–water partition coefficient (Wildman–Crippen LogP) is 2.71. The van der Waals surface area contributed by atoms with Gasteiger partial charge in [0.15, 0.2) is 0 Å². The third-order valence-electron chi connectivity index (χ3n) is 2.17. The Hall–Kier alpha value is -0.800. The number of aliphatic hydroxyl groups is 1. The molecule has 1 aromatic rings. The zero-order chi connectivity index (χ0) is 11.3. The van der Waals surface area contributed by atoms with E-state index >= 15 is 0 Å². The van der Waals surface area contributed by atoms with Crippen LogP contribution in [0.25, 0.3) is 0 Å². The molecule has 1 aromatic carbocycles. The van der Waals surface area contributed by atoms with Crippen LogP contribution < -0.4 is 0 Å². The van der Waals surface area contributed by atoms with Crippen molar-refractivity contribution in [1.82, 2.24) is 0 Å². The van der Waals surface area contributed by atoms with Gasteiger partial charge in [-0.1, -0.05) is 37.3 Å². The topological polar surface area (TPSA) is 44.1 Å². The lowest BCUT2D eigenvalue weighted by Gasteiger charge is -2.23. The highest BCUT2D eigenvalue weighted by molar-refractivity contribution is 8.14. The maximum absolute atomic E-state index is 10.1. The average Bonchev–Trinajstić information content (AvgIpc) is 2.19. The Morgan fingerprint density at radius 1 is 1.40 bits per heavy atom. The minimum absolute atomic E-state index is 0.342. The van der Waals surface area contributed by atoms with Crippen molar-refractivity contribution in [3.8, 4) is 0 Å². The highest BCUT2D eigenvalue weighted by atomic mass is 32.2. The van der Waals surface area contributed by atoms with Crippen molar-refractivity contribution in [2.24, 2.45) is 0 Å². The summed E-state index contributed by atoms with van der Waals surface area (Å²) in [5.74, 6) is 0.823. The summed E-state index contributed by atoms with van der Waals surface area (Å²) >= 11 is 1.39. The minimum Gasteiger partial charge on any atom is -0.383 e. The third kappa shape index (κ3) is 3.68. The molecule has 0 aromatic heterocycles. The van der Waals surface area contributed by atoms with Crippen molar-refractivity contribution in [3.63, 3.8) is 0 Å². The SMILES string of the molecule is CCSC(=N)C(C)(O)Cc1ccccc1. The van der Waals surface area contributed by atoms with Crippen molar-refractivity contribution in [1.29, 1.82) is 5.41 Å². The van der Waals surface area contributed by atoms with Crippen molar-refractivity contribution in [3.05, 3.63) is 35.9 Å². The number of hydrogen-bond acceptors (Lipinski definition) is 3. The van der Waals surface area contributed by atoms with Gasteiger partial charge in [0, 0.05) is 6.42 Å². The monoisotopic (exact) mass is 223 g/mol. The van der Waals surface area contributed by atoms with E-state index in [1.807, 2.05) is 37.3 Å². The van der Waals surface area contributed by atoms with E-state index < -0.39 is 5.60 Å². The Morgan fingerprint density at radius 2 is 2.00 bits per heavy atom. The molecule has 0 amide bonds. The first kappa shape index (κ1) is 12.3. The van der Waals surface area contributed by atoms with Crippen LogP contribution >= 0.6 is 11.8 Å². The molecule has 0 aliphatic rings. The molecule has 0 saturated heterocycles. The molecule has 0 fully saturated rings. The first-order valence-corrected chi connectivity index (χ1v) is 6.03. The van der Waals surface area contributed by atoms with Crippen LogP contribution in [-0.2, 0) is 6.42 Å². The number of benzene rings is 1. The van der Waals surface area contributed by atoms with Gasteiger partial charge in [-0.3, -0.25) is 5.41 Å². The van der Waals surface area contributed by atoms with Crippen molar-refractivity contribution in [2.45, 2.75) is 25.9 Å². The van der Waals surface area contributed by atoms with Crippen molar-refractivity contribution >= 4 is 16.8 Å². The van der Waals surface area contributed by atoms with E-state index in [-0.39, 0.29) is 0 Å². The van der Waals surface area contributed by atoms with Gasteiger partial charge in [0.2, 0.25) is 0 Å². The molecule has 0 heterocycles. The average molecular weight is 223 g/mol. The van der Waals surface area contributed by atoms with Crippen LogP contribution in [0.4, 0.5) is 0 Å². The zero-order valence-corrected chi connectivity index (χ0v) is 9.97. The molecule has 82 valence electrons. The van der Waals surface area contributed by atoms with Gasteiger partial charge in [-0.15, -0.1) is 11.8 Å². The smallest absolute Gasteiger partial charge is 0.113 e. The number of hydrogen-bond donors (Lipinski definition) is 2. The summed E-state index contributed by atoms with van der Waals surface area (Å²) in [5, 5.41) is 18.2. The van der Waals surface area contributed by atoms with Crippen molar-refractivity contribution < 1.29 is 5.11 Å². The van der Waals surface area contributed by atoms with Gasteiger partial charge in [-0.05, 0) is 18.2 Å². The van der Waals surface area contributed by atoms with Crippen LogP contribution in [0, 0.1) is 5.41 Å². The van der Waals surface area contributed by atoms with E-state index in [4.69, 9.17) is 5.41 Å². The second kappa shape index (κ2) is 5.33. The highest BCUT2D eigenvalue weighted by Gasteiger charge is 2.26. The van der Waals surface area contributed by atoms with Crippen LogP contribution in [0.5, 0.6) is 0 Å². The molecule has 0 aliphatic carbocycles. The summed E-state index contributed by atoms with van der Waals surface area (Å²) in [4.78, 5) is 0. The van der Waals surface area contributed by atoms with Gasteiger partial charge in [-0.25, -0.2) is 0 Å². The predicted molar refractivity (Wildman–Crippen MR) is 66.6 cm³/mol. The summed E-state index contributed by atoms with van der Waals surface area (Å²) in [5.41, 5.74) is 0.0196. The zero-order valence-electron chi connectivity index (χ0n) is 9.16. The lowest BCUT2D eigenvalue weighted by atomic mass is 9.98. The molecule has 2 nitrogen and oxygen atoms in total. The van der Waals surface area contributed by atoms with E-state index in [1.54, 1.807) is 6.92 Å². The largest absolute Gasteiger partial charge is 0.383 e. The van der Waals surface area contributed by atoms with Gasteiger partial charge in [0.25, 0.3) is 0 Å². The molecule has 0 radical (unpaired) electrons. The molecule has 2 N–H and O–H groups in total. The lowest BCUT2D eigenvalue weighted by Crippen LogP contribution is -2.35. The standard InChI is InChI=1S/C12H17NOS/c1-3-15-11(13)12(2,14)9-10-7-5-4-6-8-10/h4-8,13-14H,3,9H2,1-2H3. The molecule has 1 atom stereocenters. The fourth-order valence-corrected chi connectivity index (χ4v) is 2.05. The molecule has 1 unspecified atom stereocenters. The number of rotatable bonds is 4. The fraction of sp³-hybridized carbons (Fsp3) is 0.417. The fourth-order valence-electron chi connectivity index (χ4n) is 1.37. The van der Waals surface area contributed by atoms with E-state index in [1.165, 1.54) is 11.8 Å². The molecule has 1 rings (SSSR count). The van der Waals surface area contributed by atoms with Gasteiger partial charge >= 0.3 is 0 Å². The highest BCUT2D eigenvalue weighted by Crippen LogP contribution is 2.20. The quantitative estimate of drug-likeness (QED) is 0.609. The van der Waals surface area contributed by atoms with Crippen LogP contribution in [0.1, 0.15) is 19.4 Å². The van der Waals surface area contributed by atoms with Gasteiger partial charge in [-0.2, -0.15) is 0 Å².